The van der Waals surface area contributed by atoms with Gasteiger partial charge in [-0.15, -0.1) is 0 Å². The largest absolute Gasteiger partial charge is 0.371 e. The third-order valence-corrected chi connectivity index (χ3v) is 3.89. The number of Topliss-reactive ketones (excluding diaryl/α,β-unsaturated/α-hetero) is 1. The second-order valence-electron chi connectivity index (χ2n) is 5.27. The molecule has 20 heavy (non-hydrogen) atoms. The number of hydrogen-bond donors (Lipinski definition) is 0. The Morgan fingerprint density at radius 2 is 1.70 bits per heavy atom. The van der Waals surface area contributed by atoms with Gasteiger partial charge < -0.3 is 4.90 Å². The van der Waals surface area contributed by atoms with Crippen LogP contribution in [0, 0.1) is 0 Å². The van der Waals surface area contributed by atoms with E-state index in [0.717, 1.165) is 37.2 Å². The Balaban J connectivity index is 1.79. The number of carbonyl (C=O) groups is 1. The molecule has 0 aromatic heterocycles. The van der Waals surface area contributed by atoms with Crippen molar-refractivity contribution in [1.29, 1.82) is 0 Å². The van der Waals surface area contributed by atoms with E-state index in [4.69, 9.17) is 0 Å². The van der Waals surface area contributed by atoms with Gasteiger partial charge in [0, 0.05) is 30.8 Å². The van der Waals surface area contributed by atoms with Crippen molar-refractivity contribution in [3.63, 3.8) is 0 Å². The summed E-state index contributed by atoms with van der Waals surface area (Å²) in [5.41, 5.74) is 3.34. The van der Waals surface area contributed by atoms with E-state index in [1.165, 1.54) is 5.56 Å². The first-order valence-electron chi connectivity index (χ1n) is 7.26. The second kappa shape index (κ2) is 5.91. The first kappa shape index (κ1) is 12.9. The minimum atomic E-state index is 0.280. The molecule has 0 saturated carbocycles. The average molecular weight is 265 g/mol. The Kier molecular flexibility index (Phi) is 3.82. The lowest BCUT2D eigenvalue weighted by Crippen LogP contribution is -2.26. The minimum Gasteiger partial charge on any atom is -0.371 e. The smallest absolute Gasteiger partial charge is 0.165 e. The van der Waals surface area contributed by atoms with Crippen molar-refractivity contribution < 1.29 is 4.79 Å². The van der Waals surface area contributed by atoms with E-state index >= 15 is 0 Å². The zero-order valence-corrected chi connectivity index (χ0v) is 11.6. The van der Waals surface area contributed by atoms with Gasteiger partial charge in [0.15, 0.2) is 5.78 Å². The quantitative estimate of drug-likeness (QED) is 0.843. The summed E-state index contributed by atoms with van der Waals surface area (Å²) in [5.74, 6) is 0.280. The van der Waals surface area contributed by atoms with Gasteiger partial charge in [-0.2, -0.15) is 0 Å². The van der Waals surface area contributed by atoms with E-state index in [9.17, 15) is 4.79 Å². The molecule has 0 N–H and O–H groups in total. The molecule has 3 rings (SSSR count). The number of ketones is 1. The molecule has 2 aromatic carbocycles. The molecule has 0 radical (unpaired) electrons. The van der Waals surface area contributed by atoms with Crippen LogP contribution in [0.2, 0.25) is 0 Å². The van der Waals surface area contributed by atoms with Crippen molar-refractivity contribution in [3.8, 4) is 0 Å². The molecule has 0 spiro atoms. The topological polar surface area (TPSA) is 20.3 Å². The van der Waals surface area contributed by atoms with Crippen molar-refractivity contribution in [2.45, 2.75) is 19.3 Å². The molecule has 2 aromatic rings. The summed E-state index contributed by atoms with van der Waals surface area (Å²) in [7, 11) is 0. The Bertz CT molecular complexity index is 591. The van der Waals surface area contributed by atoms with E-state index in [2.05, 4.69) is 35.2 Å². The second-order valence-corrected chi connectivity index (χ2v) is 5.27. The summed E-state index contributed by atoms with van der Waals surface area (Å²) in [5, 5.41) is 0. The number of fused-ring (bicyclic) bond motifs is 1. The molecule has 0 saturated heterocycles. The molecular weight excluding hydrogens is 246 g/mol. The van der Waals surface area contributed by atoms with Crippen molar-refractivity contribution in [3.05, 3.63) is 65.7 Å². The van der Waals surface area contributed by atoms with Crippen LogP contribution in [0.25, 0.3) is 0 Å². The van der Waals surface area contributed by atoms with Crippen LogP contribution in [0.3, 0.4) is 0 Å². The number of nitrogens with zero attached hydrogens (tertiary/aromatic N) is 1. The van der Waals surface area contributed by atoms with E-state index in [1.807, 2.05) is 24.3 Å². The molecule has 0 aliphatic carbocycles. The van der Waals surface area contributed by atoms with E-state index in [1.54, 1.807) is 0 Å². The molecule has 0 atom stereocenters. The lowest BCUT2D eigenvalue weighted by molar-refractivity contribution is 0.0984. The first-order chi connectivity index (χ1) is 9.84. The van der Waals surface area contributed by atoms with Gasteiger partial charge in [0.2, 0.25) is 0 Å². The molecular formula is C18H19NO. The predicted molar refractivity (Wildman–Crippen MR) is 82.4 cm³/mol. The first-order valence-corrected chi connectivity index (χ1v) is 7.26. The molecule has 0 unspecified atom stereocenters. The van der Waals surface area contributed by atoms with Gasteiger partial charge in [0.05, 0.1) is 0 Å². The highest BCUT2D eigenvalue weighted by molar-refractivity contribution is 6.01. The van der Waals surface area contributed by atoms with Crippen molar-refractivity contribution in [2.75, 3.05) is 18.0 Å². The van der Waals surface area contributed by atoms with Gasteiger partial charge in [-0.25, -0.2) is 0 Å². The van der Waals surface area contributed by atoms with Gasteiger partial charge in [-0.1, -0.05) is 42.5 Å². The number of benzene rings is 2. The summed E-state index contributed by atoms with van der Waals surface area (Å²) in [6.45, 7) is 1.93. The Morgan fingerprint density at radius 1 is 0.950 bits per heavy atom. The van der Waals surface area contributed by atoms with E-state index < -0.39 is 0 Å². The highest BCUT2D eigenvalue weighted by atomic mass is 16.1. The molecule has 2 heteroatoms. The van der Waals surface area contributed by atoms with Crippen LogP contribution in [0.15, 0.2) is 54.6 Å². The standard InChI is InChI=1S/C18H19NO/c20-18-11-6-13-19(17-10-5-4-9-16(17)18)14-12-15-7-2-1-3-8-15/h1-5,7-10H,6,11-14H2. The lowest BCUT2D eigenvalue weighted by Gasteiger charge is -2.24. The van der Waals surface area contributed by atoms with Crippen LogP contribution >= 0.6 is 0 Å². The minimum absolute atomic E-state index is 0.280. The number of hydrogen-bond acceptors (Lipinski definition) is 2. The van der Waals surface area contributed by atoms with Crippen LogP contribution in [-0.4, -0.2) is 18.9 Å². The van der Waals surface area contributed by atoms with Crippen LogP contribution in [0.5, 0.6) is 0 Å². The van der Waals surface area contributed by atoms with Crippen molar-refractivity contribution in [2.24, 2.45) is 0 Å². The van der Waals surface area contributed by atoms with Crippen LogP contribution in [-0.2, 0) is 6.42 Å². The number of carbonyl (C=O) groups excluding carboxylic acids is 1. The summed E-state index contributed by atoms with van der Waals surface area (Å²) in [6.07, 6.45) is 2.63. The molecule has 1 heterocycles. The van der Waals surface area contributed by atoms with Gasteiger partial charge in [-0.3, -0.25) is 4.79 Å². The Morgan fingerprint density at radius 3 is 2.55 bits per heavy atom. The molecule has 1 aliphatic heterocycles. The summed E-state index contributed by atoms with van der Waals surface area (Å²) >= 11 is 0. The van der Waals surface area contributed by atoms with Gasteiger partial charge in [0.1, 0.15) is 0 Å². The maximum absolute atomic E-state index is 12.1. The van der Waals surface area contributed by atoms with Gasteiger partial charge in [0.25, 0.3) is 0 Å². The third-order valence-electron chi connectivity index (χ3n) is 3.89. The number of rotatable bonds is 3. The maximum atomic E-state index is 12.1. The normalized spacial score (nSPS) is 14.8. The predicted octanol–water partition coefficient (Wildman–Crippen LogP) is 3.71. The van der Waals surface area contributed by atoms with Crippen molar-refractivity contribution in [1.82, 2.24) is 0 Å². The highest BCUT2D eigenvalue weighted by Crippen LogP contribution is 2.26. The Labute approximate surface area is 120 Å². The molecule has 1 aliphatic rings. The van der Waals surface area contributed by atoms with E-state index in [0.29, 0.717) is 6.42 Å². The monoisotopic (exact) mass is 265 g/mol. The molecule has 0 bridgehead atoms. The fraction of sp³-hybridized carbons (Fsp3) is 0.278. The van der Waals surface area contributed by atoms with Crippen molar-refractivity contribution >= 4 is 11.5 Å². The van der Waals surface area contributed by atoms with Gasteiger partial charge in [-0.05, 0) is 30.5 Å². The molecule has 0 amide bonds. The maximum Gasteiger partial charge on any atom is 0.165 e. The Hall–Kier alpha value is -2.09. The number of anilines is 1. The molecule has 0 fully saturated rings. The highest BCUT2D eigenvalue weighted by Gasteiger charge is 2.19. The fourth-order valence-electron chi connectivity index (χ4n) is 2.81. The van der Waals surface area contributed by atoms with Crippen LogP contribution in [0.1, 0.15) is 28.8 Å². The summed E-state index contributed by atoms with van der Waals surface area (Å²) < 4.78 is 0. The fourth-order valence-corrected chi connectivity index (χ4v) is 2.81. The van der Waals surface area contributed by atoms with Crippen LogP contribution < -0.4 is 4.90 Å². The molecule has 102 valence electrons. The zero-order chi connectivity index (χ0) is 13.8. The number of para-hydroxylation sites is 1. The SMILES string of the molecule is O=C1CCCN(CCc2ccccc2)c2ccccc21. The third kappa shape index (κ3) is 2.74. The van der Waals surface area contributed by atoms with Gasteiger partial charge >= 0.3 is 0 Å². The van der Waals surface area contributed by atoms with Crippen LogP contribution in [0.4, 0.5) is 5.69 Å². The summed E-state index contributed by atoms with van der Waals surface area (Å²) in [6, 6.07) is 18.5. The van der Waals surface area contributed by atoms with E-state index in [-0.39, 0.29) is 5.78 Å². The average Bonchev–Trinajstić information content (AvgIpc) is 2.66. The zero-order valence-electron chi connectivity index (χ0n) is 11.6. The molecule has 2 nitrogen and oxygen atoms in total. The lowest BCUT2D eigenvalue weighted by atomic mass is 10.1. The summed E-state index contributed by atoms with van der Waals surface area (Å²) in [4.78, 5) is 14.5.